The highest BCUT2D eigenvalue weighted by Gasteiger charge is 2.27. The van der Waals surface area contributed by atoms with Gasteiger partial charge in [0.2, 0.25) is 5.91 Å². The number of nitrogens with zero attached hydrogens (tertiary/aromatic N) is 1. The average molecular weight is 639 g/mol. The highest BCUT2D eigenvalue weighted by Crippen LogP contribution is 2.29. The van der Waals surface area contributed by atoms with Crippen LogP contribution in [0.1, 0.15) is 63.6 Å². The van der Waals surface area contributed by atoms with Crippen molar-refractivity contribution in [1.29, 1.82) is 0 Å². The normalized spacial score (nSPS) is 13.3. The van der Waals surface area contributed by atoms with Crippen LogP contribution >= 0.6 is 30.4 Å². The van der Waals surface area contributed by atoms with Crippen LogP contribution < -0.4 is 15.2 Å². The van der Waals surface area contributed by atoms with E-state index in [1.807, 2.05) is 44.2 Å². The van der Waals surface area contributed by atoms with Gasteiger partial charge in [-0.3, -0.25) is 15.0 Å². The average Bonchev–Trinajstić information content (AvgIpc) is 3.27. The molecule has 6 nitrogen and oxygen atoms in total. The van der Waals surface area contributed by atoms with Crippen molar-refractivity contribution >= 4 is 60.1 Å². The van der Waals surface area contributed by atoms with Crippen molar-refractivity contribution in [3.8, 4) is 5.75 Å². The lowest BCUT2D eigenvalue weighted by molar-refractivity contribution is -0.122. The maximum Gasteiger partial charge on any atom is 0.255 e. The van der Waals surface area contributed by atoms with Crippen LogP contribution in [0.4, 0.5) is 5.69 Å². The summed E-state index contributed by atoms with van der Waals surface area (Å²) in [7, 11) is 1.36. The number of carbonyl (C=O) groups excluding carboxylic acids is 2. The van der Waals surface area contributed by atoms with Gasteiger partial charge in [0.15, 0.2) is 0 Å². The number of allylic oxidation sites excluding steroid dienone is 1. The molecule has 0 aliphatic carbocycles. The summed E-state index contributed by atoms with van der Waals surface area (Å²) in [5, 5.41) is 1.27. The number of hydrogen-bond acceptors (Lipinski definition) is 5. The smallest absolute Gasteiger partial charge is 0.255 e. The predicted octanol–water partition coefficient (Wildman–Crippen LogP) is 7.96. The number of benzene rings is 2. The van der Waals surface area contributed by atoms with Crippen LogP contribution in [0.25, 0.3) is 12.2 Å². The molecule has 2 aromatic carbocycles. The minimum Gasteiger partial charge on any atom is -0.493 e. The zero-order valence-electron chi connectivity index (χ0n) is 22.5. The monoisotopic (exact) mass is 638 g/mol. The molecule has 1 atom stereocenters. The molecule has 0 saturated carbocycles. The van der Waals surface area contributed by atoms with Gasteiger partial charge in [0, 0.05) is 33.2 Å². The van der Waals surface area contributed by atoms with Crippen LogP contribution in [0, 0.1) is 12.8 Å². The highest BCUT2D eigenvalue weighted by molar-refractivity contribution is 14.2. The summed E-state index contributed by atoms with van der Waals surface area (Å²) in [6.45, 7) is 15.8. The van der Waals surface area contributed by atoms with Crippen LogP contribution in [0.2, 0.25) is 0 Å². The van der Waals surface area contributed by atoms with Crippen LogP contribution in [-0.2, 0) is 13.8 Å². The number of rotatable bonds is 11. The molecule has 1 aliphatic rings. The van der Waals surface area contributed by atoms with Crippen molar-refractivity contribution in [1.82, 2.24) is 5.43 Å². The van der Waals surface area contributed by atoms with Crippen molar-refractivity contribution in [3.05, 3.63) is 71.8 Å². The van der Waals surface area contributed by atoms with E-state index >= 15 is 0 Å². The summed E-state index contributed by atoms with van der Waals surface area (Å²) in [6.07, 6.45) is 8.27. The molecule has 202 valence electrons. The van der Waals surface area contributed by atoms with Crippen molar-refractivity contribution in [2.45, 2.75) is 53.9 Å². The molecule has 1 N–H and O–H groups in total. The van der Waals surface area contributed by atoms with Crippen molar-refractivity contribution < 1.29 is 18.5 Å². The van der Waals surface area contributed by atoms with E-state index in [0.29, 0.717) is 24.8 Å². The molecule has 37 heavy (non-hydrogen) atoms. The molecule has 1 aliphatic heterocycles. The largest absolute Gasteiger partial charge is 0.493 e. The Balaban J connectivity index is 0.000000385. The zero-order valence-corrected chi connectivity index (χ0v) is 25.4. The molecule has 8 heteroatoms. The summed E-state index contributed by atoms with van der Waals surface area (Å²) in [5.74, 6) is 1.01. The summed E-state index contributed by atoms with van der Waals surface area (Å²) in [5.41, 5.74) is 6.65. The van der Waals surface area contributed by atoms with E-state index in [9.17, 15) is 9.59 Å². The molecule has 3 rings (SSSR count). The lowest BCUT2D eigenvalue weighted by Crippen LogP contribution is -2.35. The lowest BCUT2D eigenvalue weighted by atomic mass is 9.98. The fraction of sp³-hybridized carbons (Fsp3) is 0.379. The third kappa shape index (κ3) is 11.3. The van der Waals surface area contributed by atoms with E-state index in [-0.39, 0.29) is 18.2 Å². The van der Waals surface area contributed by atoms with Crippen molar-refractivity contribution in [2.75, 3.05) is 18.2 Å². The predicted molar refractivity (Wildman–Crippen MR) is 165 cm³/mol. The molecular weight excluding hydrogens is 599 g/mol. The van der Waals surface area contributed by atoms with Gasteiger partial charge in [0.25, 0.3) is 5.91 Å². The Hall–Kier alpha value is -2.30. The summed E-state index contributed by atoms with van der Waals surface area (Å²) in [6, 6.07) is 13.1. The Morgan fingerprint density at radius 2 is 1.84 bits per heavy atom. The van der Waals surface area contributed by atoms with Crippen molar-refractivity contribution in [2.24, 2.45) is 5.92 Å². The number of nitrogens with one attached hydrogen (secondary N) is 1. The summed E-state index contributed by atoms with van der Waals surface area (Å²) >= 11 is 2.12. The Morgan fingerprint density at radius 1 is 1.14 bits per heavy atom. The number of anilines is 1. The molecule has 1 saturated heterocycles. The molecule has 1 fully saturated rings. The van der Waals surface area contributed by atoms with Gasteiger partial charge in [-0.15, -0.1) is 0 Å². The molecule has 2 aromatic rings. The highest BCUT2D eigenvalue weighted by atomic mass is 127. The third-order valence-electron chi connectivity index (χ3n) is 5.39. The first-order valence-corrected chi connectivity index (χ1v) is 15.8. The molecule has 0 aromatic heterocycles. The molecule has 1 heterocycles. The van der Waals surface area contributed by atoms with E-state index in [1.165, 1.54) is 19.8 Å². The second kappa shape index (κ2) is 18.9. The standard InChI is InChI=1S/C18H25IO2S.C9H8N2O2.C2H6/c1-5-14(3)8-10-17-16(6-2)15(4)9-11-18(17)20-12-7-13-21-22-19;12-8-6-9(13)11(10-8)7-4-2-1-3-5-7;1-2/h6,8-11,14H,2,5,7,12-13H2,1,3-4H3;1-5H,6H2,(H,10,12);1-2H3/b10-8-;;. The van der Waals surface area contributed by atoms with Gasteiger partial charge in [-0.2, -0.15) is 0 Å². The van der Waals surface area contributed by atoms with Gasteiger partial charge < -0.3 is 8.92 Å². The summed E-state index contributed by atoms with van der Waals surface area (Å²) < 4.78 is 11.2. The first kappa shape index (κ1) is 32.7. The molecule has 1 unspecified atom stereocenters. The SMILES string of the molecule is C=Cc1c(C)ccc(OCCCOSI)c1/C=C\C(C)CC.CC.O=C1CC(=O)N(c2ccccc2)N1. The fourth-order valence-corrected chi connectivity index (χ4v) is 3.97. The van der Waals surface area contributed by atoms with Gasteiger partial charge in [-0.25, -0.2) is 5.01 Å². The number of halogens is 1. The first-order valence-electron chi connectivity index (χ1n) is 12.6. The molecule has 0 radical (unpaired) electrons. The number of ether oxygens (including phenoxy) is 1. The molecule has 0 spiro atoms. The van der Waals surface area contributed by atoms with Gasteiger partial charge in [0.05, 0.1) is 28.1 Å². The number of amides is 2. The summed E-state index contributed by atoms with van der Waals surface area (Å²) in [4.78, 5) is 22.1. The van der Waals surface area contributed by atoms with Crippen molar-refractivity contribution in [3.63, 3.8) is 0 Å². The topological polar surface area (TPSA) is 67.9 Å². The van der Waals surface area contributed by atoms with E-state index < -0.39 is 0 Å². The Kier molecular flexibility index (Phi) is 16.7. The minimum absolute atomic E-state index is 0.0606. The maximum absolute atomic E-state index is 11.2. The Bertz CT molecular complexity index is 1010. The third-order valence-corrected chi connectivity index (χ3v) is 6.41. The van der Waals surface area contributed by atoms with Gasteiger partial charge in [0.1, 0.15) is 12.2 Å². The van der Waals surface area contributed by atoms with Crippen LogP contribution in [0.5, 0.6) is 5.75 Å². The number of carbonyl (C=O) groups is 2. The maximum atomic E-state index is 11.2. The number of para-hydroxylation sites is 1. The minimum atomic E-state index is -0.256. The zero-order chi connectivity index (χ0) is 27.6. The second-order valence-corrected chi connectivity index (χ2v) is 9.46. The molecule has 0 bridgehead atoms. The molecular formula is C29H39IN2O4S. The van der Waals surface area contributed by atoms with E-state index in [2.05, 4.69) is 72.2 Å². The van der Waals surface area contributed by atoms with E-state index in [4.69, 9.17) is 8.92 Å². The van der Waals surface area contributed by atoms with Gasteiger partial charge >= 0.3 is 0 Å². The number of aryl methyl sites for hydroxylation is 1. The Labute approximate surface area is 238 Å². The number of hydrogen-bond donors (Lipinski definition) is 1. The number of hydrazine groups is 1. The van der Waals surface area contributed by atoms with E-state index in [0.717, 1.165) is 29.7 Å². The fourth-order valence-electron chi connectivity index (χ4n) is 3.25. The van der Waals surface area contributed by atoms with Gasteiger partial charge in [-0.05, 0) is 42.2 Å². The molecule has 2 amide bonds. The first-order chi connectivity index (χ1) is 17.9. The lowest BCUT2D eigenvalue weighted by Gasteiger charge is -2.14. The quantitative estimate of drug-likeness (QED) is 0.117. The van der Waals surface area contributed by atoms with Crippen LogP contribution in [0.3, 0.4) is 0 Å². The second-order valence-electron chi connectivity index (χ2n) is 8.02. The van der Waals surface area contributed by atoms with Gasteiger partial charge in [-0.1, -0.05) is 83.2 Å². The van der Waals surface area contributed by atoms with Crippen LogP contribution in [0.15, 0.2) is 55.1 Å². The van der Waals surface area contributed by atoms with Crippen LogP contribution in [-0.4, -0.2) is 25.0 Å². The Morgan fingerprint density at radius 3 is 2.41 bits per heavy atom. The van der Waals surface area contributed by atoms with E-state index in [1.54, 1.807) is 12.1 Å².